The third-order valence-corrected chi connectivity index (χ3v) is 3.89. The van der Waals surface area contributed by atoms with Crippen molar-refractivity contribution < 1.29 is 9.18 Å². The van der Waals surface area contributed by atoms with Crippen molar-refractivity contribution in [3.05, 3.63) is 65.6 Å². The van der Waals surface area contributed by atoms with Crippen LogP contribution in [0, 0.1) is 12.7 Å². The van der Waals surface area contributed by atoms with Crippen LogP contribution in [0.25, 0.3) is 22.3 Å². The molecule has 0 atom stereocenters. The van der Waals surface area contributed by atoms with Crippen LogP contribution in [0.1, 0.15) is 22.0 Å². The molecule has 0 unspecified atom stereocenters. The number of ketones is 1. The lowest BCUT2D eigenvalue weighted by atomic mass is 10.1. The van der Waals surface area contributed by atoms with E-state index in [1.165, 1.54) is 12.1 Å². The number of pyridine rings is 1. The van der Waals surface area contributed by atoms with E-state index in [-0.39, 0.29) is 23.8 Å². The number of aromatic nitrogens is 5. The molecule has 0 aliphatic rings. The van der Waals surface area contributed by atoms with Crippen molar-refractivity contribution in [3.8, 4) is 11.3 Å². The average Bonchev–Trinajstić information content (AvgIpc) is 3.21. The number of hydrogen-bond donors (Lipinski definition) is 2. The van der Waals surface area contributed by atoms with Gasteiger partial charge in [0.2, 0.25) is 11.6 Å². The summed E-state index contributed by atoms with van der Waals surface area (Å²) in [6, 6.07) is 10.1. The van der Waals surface area contributed by atoms with E-state index < -0.39 is 0 Å². The van der Waals surface area contributed by atoms with Crippen LogP contribution in [0.15, 0.2) is 42.6 Å². The van der Waals surface area contributed by atoms with Crippen LogP contribution in [0.5, 0.6) is 0 Å². The quantitative estimate of drug-likeness (QED) is 0.561. The number of H-pyrrole nitrogens is 2. The second-order valence-electron chi connectivity index (χ2n) is 5.82. The van der Waals surface area contributed by atoms with Gasteiger partial charge in [-0.2, -0.15) is 5.10 Å². The van der Waals surface area contributed by atoms with Crippen LogP contribution < -0.4 is 0 Å². The number of rotatable bonds is 4. The van der Waals surface area contributed by atoms with Crippen molar-refractivity contribution in [1.82, 2.24) is 25.1 Å². The first-order chi connectivity index (χ1) is 12.1. The van der Waals surface area contributed by atoms with Gasteiger partial charge in [0.1, 0.15) is 17.3 Å². The lowest BCUT2D eigenvalue weighted by molar-refractivity contribution is 0.0983. The highest BCUT2D eigenvalue weighted by Crippen LogP contribution is 2.24. The Bertz CT molecular complexity index is 1060. The maximum absolute atomic E-state index is 13.1. The van der Waals surface area contributed by atoms with Crippen LogP contribution in [0.3, 0.4) is 0 Å². The van der Waals surface area contributed by atoms with E-state index in [4.69, 9.17) is 0 Å². The van der Waals surface area contributed by atoms with Crippen molar-refractivity contribution in [3.63, 3.8) is 0 Å². The van der Waals surface area contributed by atoms with Crippen LogP contribution in [-0.4, -0.2) is 30.9 Å². The molecule has 0 saturated carbocycles. The fourth-order valence-electron chi connectivity index (χ4n) is 2.67. The molecule has 0 bridgehead atoms. The van der Waals surface area contributed by atoms with Crippen molar-refractivity contribution in [2.24, 2.45) is 0 Å². The van der Waals surface area contributed by atoms with Crippen LogP contribution in [-0.2, 0) is 6.42 Å². The number of aromatic amines is 2. The van der Waals surface area contributed by atoms with Crippen LogP contribution in [0.2, 0.25) is 0 Å². The molecule has 1 aromatic carbocycles. The minimum absolute atomic E-state index is 0.167. The standard InChI is InChI=1S/C18H14FN5O/c1-10-21-18(24-23-10)16(25)7-11-6-13-8-15(22-17(13)20-9-11)12-2-4-14(19)5-3-12/h2-6,8-9H,7H2,1H3,(H,20,22)(H,21,23,24). The molecule has 0 amide bonds. The van der Waals surface area contributed by atoms with Crippen molar-refractivity contribution in [2.75, 3.05) is 0 Å². The van der Waals surface area contributed by atoms with Gasteiger partial charge in [-0.1, -0.05) is 0 Å². The molecule has 3 heterocycles. The Morgan fingerprint density at radius 2 is 2.00 bits per heavy atom. The van der Waals surface area contributed by atoms with E-state index in [1.807, 2.05) is 12.1 Å². The predicted molar refractivity (Wildman–Crippen MR) is 90.6 cm³/mol. The van der Waals surface area contributed by atoms with E-state index in [0.29, 0.717) is 11.5 Å². The predicted octanol–water partition coefficient (Wildman–Crippen LogP) is 3.22. The fraction of sp³-hybridized carbons (Fsp3) is 0.111. The van der Waals surface area contributed by atoms with E-state index >= 15 is 0 Å². The molecule has 0 radical (unpaired) electrons. The van der Waals surface area contributed by atoms with Crippen LogP contribution >= 0.6 is 0 Å². The molecular formula is C18H14FN5O. The number of aryl methyl sites for hydroxylation is 1. The Kier molecular flexibility index (Phi) is 3.61. The van der Waals surface area contributed by atoms with Gasteiger partial charge in [-0.3, -0.25) is 9.89 Å². The summed E-state index contributed by atoms with van der Waals surface area (Å²) in [4.78, 5) is 23.8. The molecule has 4 aromatic rings. The lowest BCUT2D eigenvalue weighted by Crippen LogP contribution is -2.06. The highest BCUT2D eigenvalue weighted by molar-refractivity contribution is 5.94. The molecule has 0 fully saturated rings. The van der Waals surface area contributed by atoms with Crippen molar-refractivity contribution >= 4 is 16.8 Å². The molecular weight excluding hydrogens is 321 g/mol. The third kappa shape index (κ3) is 3.03. The molecule has 0 aliphatic carbocycles. The maximum atomic E-state index is 13.1. The largest absolute Gasteiger partial charge is 0.339 e. The minimum Gasteiger partial charge on any atom is -0.339 e. The summed E-state index contributed by atoms with van der Waals surface area (Å²) in [7, 11) is 0. The summed E-state index contributed by atoms with van der Waals surface area (Å²) in [5, 5.41) is 7.43. The highest BCUT2D eigenvalue weighted by atomic mass is 19.1. The van der Waals surface area contributed by atoms with E-state index in [1.54, 1.807) is 25.3 Å². The second kappa shape index (κ2) is 5.94. The number of nitrogens with zero attached hydrogens (tertiary/aromatic N) is 3. The molecule has 3 aromatic heterocycles. The van der Waals surface area contributed by atoms with Gasteiger partial charge in [0.05, 0.1) is 0 Å². The Morgan fingerprint density at radius 1 is 1.20 bits per heavy atom. The molecule has 25 heavy (non-hydrogen) atoms. The first kappa shape index (κ1) is 15.2. The van der Waals surface area contributed by atoms with Crippen molar-refractivity contribution in [2.45, 2.75) is 13.3 Å². The zero-order chi connectivity index (χ0) is 17.4. The van der Waals surface area contributed by atoms with Gasteiger partial charge in [-0.25, -0.2) is 14.4 Å². The maximum Gasteiger partial charge on any atom is 0.217 e. The molecule has 124 valence electrons. The summed E-state index contributed by atoms with van der Waals surface area (Å²) in [5.41, 5.74) is 3.21. The molecule has 0 spiro atoms. The number of Topliss-reactive ketones (excluding diaryl/α,β-unsaturated/α-hetero) is 1. The summed E-state index contributed by atoms with van der Waals surface area (Å²) in [6.07, 6.45) is 1.84. The normalized spacial score (nSPS) is 11.1. The van der Waals surface area contributed by atoms with Crippen molar-refractivity contribution in [1.29, 1.82) is 0 Å². The molecule has 6 nitrogen and oxygen atoms in total. The Balaban J connectivity index is 1.61. The summed E-state index contributed by atoms with van der Waals surface area (Å²) < 4.78 is 13.1. The fourth-order valence-corrected chi connectivity index (χ4v) is 2.67. The summed E-state index contributed by atoms with van der Waals surface area (Å²) in [5.74, 6) is 0.339. The Hall–Kier alpha value is -3.35. The van der Waals surface area contributed by atoms with Crippen LogP contribution in [0.4, 0.5) is 4.39 Å². The Morgan fingerprint density at radius 3 is 2.72 bits per heavy atom. The van der Waals surface area contributed by atoms with Gasteiger partial charge < -0.3 is 4.98 Å². The first-order valence-electron chi connectivity index (χ1n) is 7.74. The SMILES string of the molecule is Cc1nc(C(=O)Cc2cnc3[nH]c(-c4ccc(F)cc4)cc3c2)n[nH]1. The Labute approximate surface area is 142 Å². The molecule has 4 rings (SSSR count). The summed E-state index contributed by atoms with van der Waals surface area (Å²) in [6.45, 7) is 1.74. The first-order valence-corrected chi connectivity index (χ1v) is 7.74. The van der Waals surface area contributed by atoms with E-state index in [0.717, 1.165) is 22.2 Å². The van der Waals surface area contributed by atoms with Gasteiger partial charge in [-0.15, -0.1) is 0 Å². The molecule has 0 saturated heterocycles. The number of fused-ring (bicyclic) bond motifs is 1. The number of nitrogens with one attached hydrogen (secondary N) is 2. The number of halogens is 1. The zero-order valence-electron chi connectivity index (χ0n) is 13.4. The summed E-state index contributed by atoms with van der Waals surface area (Å²) >= 11 is 0. The van der Waals surface area contributed by atoms with Gasteiger partial charge in [0.15, 0.2) is 0 Å². The van der Waals surface area contributed by atoms with E-state index in [2.05, 4.69) is 25.1 Å². The van der Waals surface area contributed by atoms with E-state index in [9.17, 15) is 9.18 Å². The van der Waals surface area contributed by atoms with Gasteiger partial charge >= 0.3 is 0 Å². The molecule has 0 aliphatic heterocycles. The zero-order valence-corrected chi connectivity index (χ0v) is 13.4. The average molecular weight is 335 g/mol. The molecule has 7 heteroatoms. The molecule has 2 N–H and O–H groups in total. The number of carbonyl (C=O) groups excluding carboxylic acids is 1. The van der Waals surface area contributed by atoms with Gasteiger partial charge in [0.25, 0.3) is 0 Å². The second-order valence-corrected chi connectivity index (χ2v) is 5.82. The monoisotopic (exact) mass is 335 g/mol. The smallest absolute Gasteiger partial charge is 0.217 e. The third-order valence-electron chi connectivity index (χ3n) is 3.89. The van der Waals surface area contributed by atoms with Gasteiger partial charge in [-0.05, 0) is 54.4 Å². The minimum atomic E-state index is -0.277. The lowest BCUT2D eigenvalue weighted by Gasteiger charge is -1.98. The topological polar surface area (TPSA) is 87.3 Å². The van der Waals surface area contributed by atoms with Gasteiger partial charge in [0, 0.05) is 23.7 Å². The highest BCUT2D eigenvalue weighted by Gasteiger charge is 2.13. The number of hydrogen-bond acceptors (Lipinski definition) is 4. The number of benzene rings is 1. The number of carbonyl (C=O) groups is 1.